The van der Waals surface area contributed by atoms with Gasteiger partial charge in [-0.2, -0.15) is 4.98 Å². The van der Waals surface area contributed by atoms with Gasteiger partial charge in [0.25, 0.3) is 0 Å². The van der Waals surface area contributed by atoms with Crippen molar-refractivity contribution in [1.29, 1.82) is 0 Å². The summed E-state index contributed by atoms with van der Waals surface area (Å²) in [7, 11) is -3.18. The number of amides is 1. The van der Waals surface area contributed by atoms with E-state index < -0.39 is 10.0 Å². The number of hydrogen-bond acceptors (Lipinski definition) is 6. The summed E-state index contributed by atoms with van der Waals surface area (Å²) in [6.07, 6.45) is 1.65. The number of sulfonamides is 1. The Morgan fingerprint density at radius 1 is 1.24 bits per heavy atom. The molecule has 0 aliphatic carbocycles. The van der Waals surface area contributed by atoms with Crippen LogP contribution in [0.4, 0.5) is 5.69 Å². The van der Waals surface area contributed by atoms with Gasteiger partial charge in [0, 0.05) is 37.0 Å². The second-order valence-corrected chi connectivity index (χ2v) is 9.90. The van der Waals surface area contributed by atoms with E-state index in [1.807, 2.05) is 38.1 Å². The first-order chi connectivity index (χ1) is 13.8. The molecule has 1 amide bonds. The number of nitrogens with zero attached hydrogens (tertiary/aromatic N) is 3. The van der Waals surface area contributed by atoms with Crippen molar-refractivity contribution >= 4 is 21.6 Å². The SMILES string of the molecule is CCS(=O)(=O)N1CCC(C(=O)Nc2ccc(Cc3noc(C(C)C)n3)cc2)CC1. The third-order valence-corrected chi connectivity index (χ3v) is 7.03. The van der Waals surface area contributed by atoms with Gasteiger partial charge < -0.3 is 9.84 Å². The molecule has 1 aliphatic rings. The highest BCUT2D eigenvalue weighted by atomic mass is 32.2. The molecule has 2 heterocycles. The van der Waals surface area contributed by atoms with Gasteiger partial charge in [0.1, 0.15) is 0 Å². The van der Waals surface area contributed by atoms with Crippen LogP contribution >= 0.6 is 0 Å². The predicted octanol–water partition coefficient (Wildman–Crippen LogP) is 2.78. The minimum Gasteiger partial charge on any atom is -0.339 e. The maximum Gasteiger partial charge on any atom is 0.229 e. The first-order valence-electron chi connectivity index (χ1n) is 9.98. The van der Waals surface area contributed by atoms with Crippen LogP contribution in [0.15, 0.2) is 28.8 Å². The normalized spacial score (nSPS) is 16.3. The Kier molecular flexibility index (Phi) is 6.69. The van der Waals surface area contributed by atoms with Crippen molar-refractivity contribution in [3.8, 4) is 0 Å². The van der Waals surface area contributed by atoms with Crippen LogP contribution in [0.25, 0.3) is 0 Å². The highest BCUT2D eigenvalue weighted by Gasteiger charge is 2.30. The van der Waals surface area contributed by atoms with E-state index in [1.165, 1.54) is 4.31 Å². The third kappa shape index (κ3) is 5.42. The highest BCUT2D eigenvalue weighted by molar-refractivity contribution is 7.89. The number of piperidine rings is 1. The fourth-order valence-corrected chi connectivity index (χ4v) is 4.42. The van der Waals surface area contributed by atoms with E-state index in [9.17, 15) is 13.2 Å². The van der Waals surface area contributed by atoms with E-state index >= 15 is 0 Å². The van der Waals surface area contributed by atoms with Crippen molar-refractivity contribution in [2.24, 2.45) is 5.92 Å². The summed E-state index contributed by atoms with van der Waals surface area (Å²) in [6, 6.07) is 7.57. The van der Waals surface area contributed by atoms with Gasteiger partial charge in [0.05, 0.1) is 5.75 Å². The van der Waals surface area contributed by atoms with Crippen molar-refractivity contribution < 1.29 is 17.7 Å². The molecular weight excluding hydrogens is 392 g/mol. The molecule has 0 radical (unpaired) electrons. The van der Waals surface area contributed by atoms with Crippen LogP contribution in [0.3, 0.4) is 0 Å². The molecule has 0 bridgehead atoms. The lowest BCUT2D eigenvalue weighted by atomic mass is 9.97. The zero-order valence-corrected chi connectivity index (χ0v) is 17.9. The predicted molar refractivity (Wildman–Crippen MR) is 110 cm³/mol. The number of aromatic nitrogens is 2. The summed E-state index contributed by atoms with van der Waals surface area (Å²) in [5.74, 6) is 1.32. The molecule has 0 spiro atoms. The van der Waals surface area contributed by atoms with Crippen LogP contribution in [-0.4, -0.2) is 47.6 Å². The molecule has 1 saturated heterocycles. The summed E-state index contributed by atoms with van der Waals surface area (Å²) >= 11 is 0. The highest BCUT2D eigenvalue weighted by Crippen LogP contribution is 2.22. The standard InChI is InChI=1S/C20H28N4O4S/c1-4-29(26,27)24-11-9-16(10-12-24)19(25)21-17-7-5-15(6-8-17)13-18-22-20(14(2)3)28-23-18/h5-8,14,16H,4,9-13H2,1-3H3,(H,21,25). The maximum atomic E-state index is 12.5. The lowest BCUT2D eigenvalue weighted by molar-refractivity contribution is -0.120. The van der Waals surface area contributed by atoms with E-state index in [1.54, 1.807) is 6.92 Å². The Morgan fingerprint density at radius 3 is 2.45 bits per heavy atom. The van der Waals surface area contributed by atoms with Gasteiger partial charge in [-0.15, -0.1) is 0 Å². The van der Waals surface area contributed by atoms with Gasteiger partial charge in [-0.3, -0.25) is 4.79 Å². The van der Waals surface area contributed by atoms with Crippen LogP contribution in [0, 0.1) is 5.92 Å². The van der Waals surface area contributed by atoms with Gasteiger partial charge in [-0.05, 0) is 37.5 Å². The van der Waals surface area contributed by atoms with Gasteiger partial charge in [0.2, 0.25) is 21.8 Å². The molecule has 1 aromatic carbocycles. The van der Waals surface area contributed by atoms with E-state index in [-0.39, 0.29) is 23.5 Å². The Morgan fingerprint density at radius 2 is 1.90 bits per heavy atom. The molecule has 1 aromatic heterocycles. The second-order valence-electron chi connectivity index (χ2n) is 7.64. The van der Waals surface area contributed by atoms with E-state index in [0.29, 0.717) is 44.1 Å². The Bertz CT molecular complexity index is 930. The molecule has 1 fully saturated rings. The number of carbonyl (C=O) groups excluding carboxylic acids is 1. The molecule has 0 unspecified atom stereocenters. The Labute approximate surface area is 171 Å². The first kappa shape index (κ1) is 21.4. The lowest BCUT2D eigenvalue weighted by Crippen LogP contribution is -2.42. The maximum absolute atomic E-state index is 12.5. The molecule has 158 valence electrons. The molecule has 2 aromatic rings. The molecule has 0 saturated carbocycles. The summed E-state index contributed by atoms with van der Waals surface area (Å²) in [5.41, 5.74) is 1.75. The largest absolute Gasteiger partial charge is 0.339 e. The van der Waals surface area contributed by atoms with E-state index in [2.05, 4.69) is 15.5 Å². The Hall–Kier alpha value is -2.26. The van der Waals surface area contributed by atoms with Gasteiger partial charge in [0.15, 0.2) is 5.82 Å². The summed E-state index contributed by atoms with van der Waals surface area (Å²) in [4.78, 5) is 16.9. The molecule has 0 atom stereocenters. The third-order valence-electron chi connectivity index (χ3n) is 5.14. The smallest absolute Gasteiger partial charge is 0.229 e. The number of carbonyl (C=O) groups is 1. The van der Waals surface area contributed by atoms with Gasteiger partial charge in [-0.25, -0.2) is 12.7 Å². The number of hydrogen-bond donors (Lipinski definition) is 1. The monoisotopic (exact) mass is 420 g/mol. The Balaban J connectivity index is 1.52. The van der Waals surface area contributed by atoms with Crippen molar-refractivity contribution in [2.45, 2.75) is 46.0 Å². The molecule has 3 rings (SSSR count). The first-order valence-corrected chi connectivity index (χ1v) is 11.6. The minimum atomic E-state index is -3.18. The zero-order valence-electron chi connectivity index (χ0n) is 17.1. The lowest BCUT2D eigenvalue weighted by Gasteiger charge is -2.30. The van der Waals surface area contributed by atoms with Crippen molar-refractivity contribution in [1.82, 2.24) is 14.4 Å². The van der Waals surface area contributed by atoms with E-state index in [0.717, 1.165) is 11.3 Å². The zero-order chi connectivity index (χ0) is 21.0. The number of anilines is 1. The molecular formula is C20H28N4O4S. The summed E-state index contributed by atoms with van der Waals surface area (Å²) in [5, 5.41) is 6.92. The van der Waals surface area contributed by atoms with Crippen molar-refractivity contribution in [2.75, 3.05) is 24.2 Å². The molecule has 1 N–H and O–H groups in total. The van der Waals surface area contributed by atoms with Gasteiger partial charge >= 0.3 is 0 Å². The number of benzene rings is 1. The average molecular weight is 421 g/mol. The molecule has 8 nitrogen and oxygen atoms in total. The number of nitrogens with one attached hydrogen (secondary N) is 1. The van der Waals surface area contributed by atoms with Crippen LogP contribution < -0.4 is 5.32 Å². The number of rotatable bonds is 7. The van der Waals surface area contributed by atoms with E-state index in [4.69, 9.17) is 4.52 Å². The van der Waals surface area contributed by atoms with Crippen molar-refractivity contribution in [3.63, 3.8) is 0 Å². The molecule has 9 heteroatoms. The summed E-state index contributed by atoms with van der Waals surface area (Å²) in [6.45, 7) is 6.44. The van der Waals surface area contributed by atoms with Crippen LogP contribution in [0.2, 0.25) is 0 Å². The van der Waals surface area contributed by atoms with Crippen molar-refractivity contribution in [3.05, 3.63) is 41.5 Å². The molecule has 29 heavy (non-hydrogen) atoms. The quantitative estimate of drug-likeness (QED) is 0.738. The van der Waals surface area contributed by atoms with Crippen LogP contribution in [0.5, 0.6) is 0 Å². The second kappa shape index (κ2) is 9.04. The van der Waals surface area contributed by atoms with Crippen LogP contribution in [-0.2, 0) is 21.2 Å². The topological polar surface area (TPSA) is 105 Å². The average Bonchev–Trinajstić information content (AvgIpc) is 3.18. The summed E-state index contributed by atoms with van der Waals surface area (Å²) < 4.78 is 30.6. The van der Waals surface area contributed by atoms with Crippen LogP contribution in [0.1, 0.15) is 56.8 Å². The molecule has 1 aliphatic heterocycles. The fraction of sp³-hybridized carbons (Fsp3) is 0.550. The minimum absolute atomic E-state index is 0.0639. The van der Waals surface area contributed by atoms with Gasteiger partial charge in [-0.1, -0.05) is 31.1 Å². The fourth-order valence-electron chi connectivity index (χ4n) is 3.29.